The molecule has 0 aliphatic carbocycles. The Balaban J connectivity index is 1.56. The van der Waals surface area contributed by atoms with E-state index < -0.39 is 5.41 Å². The summed E-state index contributed by atoms with van der Waals surface area (Å²) in [6, 6.07) is 5.23. The van der Waals surface area contributed by atoms with Crippen molar-refractivity contribution in [3.05, 3.63) is 34.9 Å². The number of carbonyl (C=O) groups is 2. The van der Waals surface area contributed by atoms with Crippen LogP contribution in [0.5, 0.6) is 0 Å². The van der Waals surface area contributed by atoms with E-state index >= 15 is 0 Å². The fourth-order valence-electron chi connectivity index (χ4n) is 4.06. The molecule has 0 unspecified atom stereocenters. The SMILES string of the molecule is CNC(=O)[C@]12CCOC[C@H]1CN(C(=O)Cn1nc3ccccn3c1=O)C2. The highest BCUT2D eigenvalue weighted by Gasteiger charge is 2.54. The van der Waals surface area contributed by atoms with E-state index in [0.717, 1.165) is 0 Å². The highest BCUT2D eigenvalue weighted by molar-refractivity contribution is 5.85. The molecule has 2 aliphatic rings. The van der Waals surface area contributed by atoms with Crippen LogP contribution in [0.15, 0.2) is 29.2 Å². The molecule has 2 saturated heterocycles. The Labute approximate surface area is 149 Å². The molecule has 0 aromatic carbocycles. The highest BCUT2D eigenvalue weighted by atomic mass is 16.5. The standard InChI is InChI=1S/C17H21N5O4/c1-18-15(24)17-5-7-26-10-12(17)8-20(11-17)14(23)9-22-16(25)21-6-3-2-4-13(21)19-22/h2-4,6,12H,5,7-11H2,1H3,(H,18,24)/t12-,17+/m1/s1. The Hall–Kier alpha value is -2.68. The van der Waals surface area contributed by atoms with Crippen molar-refractivity contribution in [1.29, 1.82) is 0 Å². The Kier molecular flexibility index (Phi) is 4.03. The summed E-state index contributed by atoms with van der Waals surface area (Å²) < 4.78 is 8.09. The largest absolute Gasteiger partial charge is 0.381 e. The van der Waals surface area contributed by atoms with Crippen LogP contribution >= 0.6 is 0 Å². The van der Waals surface area contributed by atoms with E-state index in [2.05, 4.69) is 10.4 Å². The summed E-state index contributed by atoms with van der Waals surface area (Å²) in [5, 5.41) is 6.93. The molecular formula is C17H21N5O4. The third-order valence-electron chi connectivity index (χ3n) is 5.51. The van der Waals surface area contributed by atoms with E-state index in [1.807, 2.05) is 0 Å². The fourth-order valence-corrected chi connectivity index (χ4v) is 4.06. The molecule has 2 aliphatic heterocycles. The van der Waals surface area contributed by atoms with Gasteiger partial charge in [-0.2, -0.15) is 0 Å². The van der Waals surface area contributed by atoms with Crippen molar-refractivity contribution in [1.82, 2.24) is 24.4 Å². The van der Waals surface area contributed by atoms with Crippen LogP contribution in [0.25, 0.3) is 5.65 Å². The fraction of sp³-hybridized carbons (Fsp3) is 0.529. The molecule has 2 fully saturated rings. The zero-order chi connectivity index (χ0) is 18.3. The van der Waals surface area contributed by atoms with Gasteiger partial charge in [-0.15, -0.1) is 5.10 Å². The number of carbonyl (C=O) groups excluding carboxylic acids is 2. The second kappa shape index (κ2) is 6.24. The lowest BCUT2D eigenvalue weighted by Gasteiger charge is -2.36. The molecule has 0 saturated carbocycles. The Morgan fingerprint density at radius 3 is 3.04 bits per heavy atom. The highest BCUT2D eigenvalue weighted by Crippen LogP contribution is 2.42. The molecule has 0 spiro atoms. The quantitative estimate of drug-likeness (QED) is 0.767. The lowest BCUT2D eigenvalue weighted by atomic mass is 9.73. The third kappa shape index (κ3) is 2.50. The van der Waals surface area contributed by atoms with Crippen LogP contribution in [-0.4, -0.2) is 64.2 Å². The van der Waals surface area contributed by atoms with Crippen molar-refractivity contribution in [2.45, 2.75) is 13.0 Å². The molecule has 138 valence electrons. The van der Waals surface area contributed by atoms with Gasteiger partial charge in [-0.1, -0.05) is 6.07 Å². The zero-order valence-electron chi connectivity index (χ0n) is 14.6. The Bertz CT molecular complexity index is 919. The van der Waals surface area contributed by atoms with Gasteiger partial charge in [-0.3, -0.25) is 14.0 Å². The molecule has 0 bridgehead atoms. The molecular weight excluding hydrogens is 338 g/mol. The van der Waals surface area contributed by atoms with Gasteiger partial charge in [0.15, 0.2) is 5.65 Å². The molecule has 26 heavy (non-hydrogen) atoms. The number of nitrogens with one attached hydrogen (secondary N) is 1. The molecule has 4 heterocycles. The van der Waals surface area contributed by atoms with Crippen molar-refractivity contribution in [3.63, 3.8) is 0 Å². The van der Waals surface area contributed by atoms with Crippen molar-refractivity contribution in [2.24, 2.45) is 11.3 Å². The number of nitrogens with zero attached hydrogens (tertiary/aromatic N) is 4. The number of pyridine rings is 1. The number of likely N-dealkylation sites (tertiary alicyclic amines) is 1. The smallest absolute Gasteiger partial charge is 0.350 e. The minimum absolute atomic E-state index is 0.0297. The van der Waals surface area contributed by atoms with Gasteiger partial charge in [0, 0.05) is 38.9 Å². The monoisotopic (exact) mass is 359 g/mol. The van der Waals surface area contributed by atoms with E-state index in [4.69, 9.17) is 4.74 Å². The van der Waals surface area contributed by atoms with Crippen molar-refractivity contribution in [3.8, 4) is 0 Å². The average molecular weight is 359 g/mol. The van der Waals surface area contributed by atoms with Gasteiger partial charge in [-0.25, -0.2) is 9.48 Å². The Morgan fingerprint density at radius 2 is 2.27 bits per heavy atom. The van der Waals surface area contributed by atoms with E-state index in [-0.39, 0.29) is 30.0 Å². The van der Waals surface area contributed by atoms with Gasteiger partial charge in [0.1, 0.15) is 6.54 Å². The number of hydrogen-bond acceptors (Lipinski definition) is 5. The first-order valence-electron chi connectivity index (χ1n) is 8.67. The number of aromatic nitrogens is 3. The Morgan fingerprint density at radius 1 is 1.42 bits per heavy atom. The molecule has 2 aromatic rings. The maximum Gasteiger partial charge on any atom is 0.350 e. The molecule has 2 atom stereocenters. The lowest BCUT2D eigenvalue weighted by molar-refractivity contribution is -0.139. The zero-order valence-corrected chi connectivity index (χ0v) is 14.6. The van der Waals surface area contributed by atoms with Gasteiger partial charge in [0.2, 0.25) is 11.8 Å². The van der Waals surface area contributed by atoms with Crippen LogP contribution in [-0.2, 0) is 20.9 Å². The van der Waals surface area contributed by atoms with Crippen molar-refractivity contribution >= 4 is 17.5 Å². The predicted octanol–water partition coefficient (Wildman–Crippen LogP) is -0.893. The number of hydrogen-bond donors (Lipinski definition) is 1. The van der Waals surface area contributed by atoms with Crippen LogP contribution in [0.3, 0.4) is 0 Å². The van der Waals surface area contributed by atoms with Crippen molar-refractivity contribution < 1.29 is 14.3 Å². The molecule has 9 nitrogen and oxygen atoms in total. The minimum Gasteiger partial charge on any atom is -0.381 e. The maximum absolute atomic E-state index is 12.8. The van der Waals surface area contributed by atoms with Gasteiger partial charge in [0.05, 0.1) is 12.0 Å². The van der Waals surface area contributed by atoms with Crippen LogP contribution < -0.4 is 11.0 Å². The molecule has 2 amide bonds. The summed E-state index contributed by atoms with van der Waals surface area (Å²) in [4.78, 5) is 39.3. The van der Waals surface area contributed by atoms with E-state index in [0.29, 0.717) is 38.4 Å². The van der Waals surface area contributed by atoms with Gasteiger partial charge < -0.3 is 15.0 Å². The number of amides is 2. The van der Waals surface area contributed by atoms with Gasteiger partial charge in [-0.05, 0) is 18.6 Å². The maximum atomic E-state index is 12.8. The predicted molar refractivity (Wildman–Crippen MR) is 91.5 cm³/mol. The number of rotatable bonds is 3. The number of fused-ring (bicyclic) bond motifs is 2. The van der Waals surface area contributed by atoms with Crippen molar-refractivity contribution in [2.75, 3.05) is 33.4 Å². The van der Waals surface area contributed by atoms with E-state index in [9.17, 15) is 14.4 Å². The first-order chi connectivity index (χ1) is 12.5. The van der Waals surface area contributed by atoms with Gasteiger partial charge >= 0.3 is 5.69 Å². The molecule has 2 aromatic heterocycles. The second-order valence-electron chi connectivity index (χ2n) is 6.90. The second-order valence-corrected chi connectivity index (χ2v) is 6.90. The molecule has 0 radical (unpaired) electrons. The first-order valence-corrected chi connectivity index (χ1v) is 8.67. The molecule has 9 heteroatoms. The first kappa shape index (κ1) is 16.8. The summed E-state index contributed by atoms with van der Waals surface area (Å²) in [6.45, 7) is 1.64. The third-order valence-corrected chi connectivity index (χ3v) is 5.51. The van der Waals surface area contributed by atoms with E-state index in [1.165, 1.54) is 9.08 Å². The summed E-state index contributed by atoms with van der Waals surface area (Å²) in [5.41, 5.74) is -0.461. The van der Waals surface area contributed by atoms with E-state index in [1.54, 1.807) is 36.3 Å². The van der Waals surface area contributed by atoms with Gasteiger partial charge in [0.25, 0.3) is 0 Å². The minimum atomic E-state index is -0.605. The summed E-state index contributed by atoms with van der Waals surface area (Å²) in [5.74, 6) is -0.294. The normalized spacial score (nSPS) is 25.3. The summed E-state index contributed by atoms with van der Waals surface area (Å²) in [6.07, 6.45) is 2.21. The number of ether oxygens (including phenoxy) is 1. The summed E-state index contributed by atoms with van der Waals surface area (Å²) in [7, 11) is 1.62. The summed E-state index contributed by atoms with van der Waals surface area (Å²) >= 11 is 0. The molecule has 4 rings (SSSR count). The van der Waals surface area contributed by atoms with Crippen LogP contribution in [0.2, 0.25) is 0 Å². The van der Waals surface area contributed by atoms with Crippen LogP contribution in [0.1, 0.15) is 6.42 Å². The lowest BCUT2D eigenvalue weighted by Crippen LogP contribution is -2.49. The average Bonchev–Trinajstić information content (AvgIpc) is 3.21. The van der Waals surface area contributed by atoms with Crippen LogP contribution in [0.4, 0.5) is 0 Å². The topological polar surface area (TPSA) is 97.9 Å². The van der Waals surface area contributed by atoms with Crippen LogP contribution in [0, 0.1) is 11.3 Å². The molecule has 1 N–H and O–H groups in total.